The minimum absolute atomic E-state index is 0.0412. The van der Waals surface area contributed by atoms with Gasteiger partial charge in [-0.2, -0.15) is 0 Å². The van der Waals surface area contributed by atoms with Crippen molar-refractivity contribution in [2.24, 2.45) is 0 Å². The molecule has 1 rings (SSSR count). The van der Waals surface area contributed by atoms with Crippen molar-refractivity contribution in [3.8, 4) is 0 Å². The van der Waals surface area contributed by atoms with Crippen molar-refractivity contribution in [1.82, 2.24) is 5.32 Å². The molecule has 0 aromatic heterocycles. The highest BCUT2D eigenvalue weighted by Crippen LogP contribution is 2.05. The van der Waals surface area contributed by atoms with E-state index in [0.29, 0.717) is 0 Å². The van der Waals surface area contributed by atoms with Crippen LogP contribution in [0, 0.1) is 0 Å². The van der Waals surface area contributed by atoms with Crippen LogP contribution in [0.2, 0.25) is 0 Å². The molecule has 0 saturated heterocycles. The first kappa shape index (κ1) is 12.2. The van der Waals surface area contributed by atoms with Gasteiger partial charge < -0.3 is 5.32 Å². The summed E-state index contributed by atoms with van der Waals surface area (Å²) < 4.78 is 23.3. The van der Waals surface area contributed by atoms with E-state index < -0.39 is 9.84 Å². The summed E-state index contributed by atoms with van der Waals surface area (Å²) in [6.45, 7) is 3.86. The number of rotatable bonds is 5. The predicted octanol–water partition coefficient (Wildman–Crippen LogP) is 1.56. The first-order chi connectivity index (χ1) is 6.99. The molecule has 0 amide bonds. The summed E-state index contributed by atoms with van der Waals surface area (Å²) in [7, 11) is -3.04. The number of hydrogen-bond donors (Lipinski definition) is 1. The maximum atomic E-state index is 11.6. The molecule has 1 aromatic rings. The van der Waals surface area contributed by atoms with Gasteiger partial charge in [-0.05, 0) is 5.56 Å². The summed E-state index contributed by atoms with van der Waals surface area (Å²) in [4.78, 5) is 0. The van der Waals surface area contributed by atoms with Crippen molar-refractivity contribution in [2.75, 3.05) is 5.88 Å². The van der Waals surface area contributed by atoms with E-state index in [0.717, 1.165) is 5.56 Å². The van der Waals surface area contributed by atoms with E-state index in [1.165, 1.54) is 0 Å². The zero-order valence-electron chi connectivity index (χ0n) is 9.10. The summed E-state index contributed by atoms with van der Waals surface area (Å²) >= 11 is 0. The highest BCUT2D eigenvalue weighted by Gasteiger charge is 2.11. The summed E-state index contributed by atoms with van der Waals surface area (Å²) in [5, 5.41) is 2.92. The molecule has 0 atom stereocenters. The fourth-order valence-electron chi connectivity index (χ4n) is 1.17. The Balaban J connectivity index is 2.57. The second-order valence-electron chi connectivity index (χ2n) is 3.88. The van der Waals surface area contributed by atoms with E-state index in [2.05, 4.69) is 5.32 Å². The Morgan fingerprint density at radius 1 is 1.20 bits per heavy atom. The van der Waals surface area contributed by atoms with E-state index in [4.69, 9.17) is 0 Å². The number of benzene rings is 1. The zero-order valence-corrected chi connectivity index (χ0v) is 9.92. The molecule has 0 heterocycles. The molecular formula is C11H17NO2S. The van der Waals surface area contributed by atoms with Gasteiger partial charge in [0.25, 0.3) is 0 Å². The Bertz CT molecular complexity index is 384. The Kier molecular flexibility index (Phi) is 4.29. The molecule has 0 fully saturated rings. The van der Waals surface area contributed by atoms with Crippen LogP contribution in [0.25, 0.3) is 0 Å². The minimum Gasteiger partial charge on any atom is -0.301 e. The SMILES string of the molecule is CC(C)NCS(=O)(=O)Cc1ccccc1. The fourth-order valence-corrected chi connectivity index (χ4v) is 2.56. The molecule has 1 N–H and O–H groups in total. The normalized spacial score (nSPS) is 11.9. The maximum Gasteiger partial charge on any atom is 0.167 e. The average molecular weight is 227 g/mol. The van der Waals surface area contributed by atoms with E-state index in [1.54, 1.807) is 0 Å². The Hall–Kier alpha value is -0.870. The first-order valence-corrected chi connectivity index (χ1v) is 6.79. The zero-order chi connectivity index (χ0) is 11.3. The van der Waals surface area contributed by atoms with Crippen LogP contribution in [0.3, 0.4) is 0 Å². The van der Waals surface area contributed by atoms with E-state index in [9.17, 15) is 8.42 Å². The van der Waals surface area contributed by atoms with Crippen molar-refractivity contribution in [2.45, 2.75) is 25.6 Å². The first-order valence-electron chi connectivity index (χ1n) is 4.97. The predicted molar refractivity (Wildman–Crippen MR) is 62.2 cm³/mol. The summed E-state index contributed by atoms with van der Waals surface area (Å²) in [6, 6.07) is 9.42. The molecule has 0 aliphatic heterocycles. The molecule has 0 bridgehead atoms. The number of nitrogens with one attached hydrogen (secondary N) is 1. The minimum atomic E-state index is -3.04. The monoisotopic (exact) mass is 227 g/mol. The Morgan fingerprint density at radius 2 is 1.80 bits per heavy atom. The van der Waals surface area contributed by atoms with Gasteiger partial charge in [0.2, 0.25) is 0 Å². The van der Waals surface area contributed by atoms with Gasteiger partial charge in [0.1, 0.15) is 0 Å². The van der Waals surface area contributed by atoms with Gasteiger partial charge in [-0.15, -0.1) is 0 Å². The quantitative estimate of drug-likeness (QED) is 0.830. The lowest BCUT2D eigenvalue weighted by molar-refractivity contribution is 0.572. The van der Waals surface area contributed by atoms with Crippen molar-refractivity contribution in [3.63, 3.8) is 0 Å². The van der Waals surface area contributed by atoms with Crippen molar-refractivity contribution in [3.05, 3.63) is 35.9 Å². The number of sulfone groups is 1. The third-order valence-electron chi connectivity index (χ3n) is 1.94. The van der Waals surface area contributed by atoms with Crippen LogP contribution in [-0.4, -0.2) is 20.3 Å². The molecular weight excluding hydrogens is 210 g/mol. The van der Waals surface area contributed by atoms with Gasteiger partial charge in [0.15, 0.2) is 9.84 Å². The molecule has 0 spiro atoms. The Morgan fingerprint density at radius 3 is 2.33 bits per heavy atom. The standard InChI is InChI=1S/C11H17NO2S/c1-10(2)12-9-15(13,14)8-11-6-4-3-5-7-11/h3-7,10,12H,8-9H2,1-2H3. The molecule has 0 aliphatic carbocycles. The van der Waals surface area contributed by atoms with Crippen LogP contribution >= 0.6 is 0 Å². The van der Waals surface area contributed by atoms with E-state index in [-0.39, 0.29) is 17.7 Å². The summed E-state index contributed by atoms with van der Waals surface area (Å²) in [6.07, 6.45) is 0. The molecule has 0 radical (unpaired) electrons. The van der Waals surface area contributed by atoms with Gasteiger partial charge in [-0.3, -0.25) is 0 Å². The summed E-state index contributed by atoms with van der Waals surface area (Å²) in [5.74, 6) is 0.146. The topological polar surface area (TPSA) is 46.2 Å². The summed E-state index contributed by atoms with van der Waals surface area (Å²) in [5.41, 5.74) is 0.836. The molecule has 0 unspecified atom stereocenters. The average Bonchev–Trinajstić information content (AvgIpc) is 2.16. The van der Waals surface area contributed by atoms with Crippen LogP contribution in [0.4, 0.5) is 0 Å². The lowest BCUT2D eigenvalue weighted by atomic mass is 10.2. The third kappa shape index (κ3) is 4.95. The second kappa shape index (κ2) is 5.28. The van der Waals surface area contributed by atoms with Crippen molar-refractivity contribution < 1.29 is 8.42 Å². The smallest absolute Gasteiger partial charge is 0.167 e. The third-order valence-corrected chi connectivity index (χ3v) is 3.32. The van der Waals surface area contributed by atoms with Crippen LogP contribution < -0.4 is 5.32 Å². The maximum absolute atomic E-state index is 11.6. The van der Waals surface area contributed by atoms with Gasteiger partial charge in [-0.25, -0.2) is 8.42 Å². The van der Waals surface area contributed by atoms with Crippen LogP contribution in [0.1, 0.15) is 19.4 Å². The van der Waals surface area contributed by atoms with E-state index in [1.807, 2.05) is 44.2 Å². The molecule has 15 heavy (non-hydrogen) atoms. The largest absolute Gasteiger partial charge is 0.301 e. The fraction of sp³-hybridized carbons (Fsp3) is 0.455. The lowest BCUT2D eigenvalue weighted by Crippen LogP contribution is -2.29. The second-order valence-corrected chi connectivity index (χ2v) is 5.94. The van der Waals surface area contributed by atoms with Gasteiger partial charge in [0, 0.05) is 6.04 Å². The highest BCUT2D eigenvalue weighted by atomic mass is 32.2. The van der Waals surface area contributed by atoms with Gasteiger partial charge in [0.05, 0.1) is 11.6 Å². The lowest BCUT2D eigenvalue weighted by Gasteiger charge is -2.08. The van der Waals surface area contributed by atoms with E-state index >= 15 is 0 Å². The molecule has 0 saturated carbocycles. The molecule has 84 valence electrons. The van der Waals surface area contributed by atoms with Crippen molar-refractivity contribution in [1.29, 1.82) is 0 Å². The highest BCUT2D eigenvalue weighted by molar-refractivity contribution is 7.90. The Labute approximate surface area is 91.4 Å². The number of hydrogen-bond acceptors (Lipinski definition) is 3. The van der Waals surface area contributed by atoms with Gasteiger partial charge in [-0.1, -0.05) is 44.2 Å². The molecule has 1 aromatic carbocycles. The molecule has 4 heteroatoms. The van der Waals surface area contributed by atoms with Crippen LogP contribution in [0.5, 0.6) is 0 Å². The van der Waals surface area contributed by atoms with Crippen LogP contribution in [0.15, 0.2) is 30.3 Å². The van der Waals surface area contributed by atoms with Gasteiger partial charge >= 0.3 is 0 Å². The van der Waals surface area contributed by atoms with Crippen molar-refractivity contribution >= 4 is 9.84 Å². The molecule has 0 aliphatic rings. The molecule has 3 nitrogen and oxygen atoms in total. The van der Waals surface area contributed by atoms with Crippen LogP contribution in [-0.2, 0) is 15.6 Å².